The fraction of sp³-hybridized carbons (Fsp3) is 0.286. The second-order valence-corrected chi connectivity index (χ2v) is 5.01. The predicted molar refractivity (Wildman–Crippen MR) is 78.3 cm³/mol. The molecule has 1 aromatic carbocycles. The molecule has 0 aliphatic carbocycles. The van der Waals surface area contributed by atoms with Crippen molar-refractivity contribution in [2.75, 3.05) is 5.32 Å². The van der Waals surface area contributed by atoms with Crippen LogP contribution in [0.4, 0.5) is 11.4 Å². The Kier molecular flexibility index (Phi) is 4.02. The Hall–Kier alpha value is -2.70. The molecule has 1 unspecified atom stereocenters. The van der Waals surface area contributed by atoms with E-state index in [1.165, 1.54) is 24.5 Å². The lowest BCUT2D eigenvalue weighted by molar-refractivity contribution is -0.383. The van der Waals surface area contributed by atoms with Gasteiger partial charge in [0.15, 0.2) is 0 Å². The van der Waals surface area contributed by atoms with E-state index < -0.39 is 16.9 Å². The van der Waals surface area contributed by atoms with Gasteiger partial charge >= 0.3 is 5.97 Å². The molecular weight excluding hydrogens is 274 g/mol. The molecule has 0 aliphatic heterocycles. The highest BCUT2D eigenvalue weighted by Crippen LogP contribution is 2.31. The predicted octanol–water partition coefficient (Wildman–Crippen LogP) is 2.66. The minimum Gasteiger partial charge on any atom is -0.480 e. The Balaban J connectivity index is 2.53. The molecule has 21 heavy (non-hydrogen) atoms. The molecule has 1 aromatic heterocycles. The molecule has 2 rings (SSSR count). The summed E-state index contributed by atoms with van der Waals surface area (Å²) >= 11 is 0. The summed E-state index contributed by atoms with van der Waals surface area (Å²) in [6.45, 7) is 3.58. The molecule has 2 aromatic rings. The summed E-state index contributed by atoms with van der Waals surface area (Å²) in [7, 11) is 0. The third-order valence-corrected chi connectivity index (χ3v) is 3.24. The monoisotopic (exact) mass is 289 g/mol. The SMILES string of the molecule is CC(C)C(Nc1ccc([N+](=O)[O-])c2ccncc12)C(=O)O. The molecule has 0 aliphatic rings. The third kappa shape index (κ3) is 2.91. The van der Waals surface area contributed by atoms with Crippen LogP contribution in [-0.4, -0.2) is 27.0 Å². The summed E-state index contributed by atoms with van der Waals surface area (Å²) < 4.78 is 0. The molecule has 0 fully saturated rings. The van der Waals surface area contributed by atoms with Gasteiger partial charge in [-0.1, -0.05) is 13.8 Å². The Morgan fingerprint density at radius 3 is 2.62 bits per heavy atom. The molecule has 1 heterocycles. The molecule has 7 nitrogen and oxygen atoms in total. The zero-order valence-electron chi connectivity index (χ0n) is 11.6. The maximum absolute atomic E-state index is 11.3. The van der Waals surface area contributed by atoms with Crippen LogP contribution in [0.5, 0.6) is 0 Å². The molecule has 0 amide bonds. The molecular formula is C14H15N3O4. The fourth-order valence-electron chi connectivity index (χ4n) is 2.14. The van der Waals surface area contributed by atoms with Crippen molar-refractivity contribution >= 4 is 28.1 Å². The standard InChI is InChI=1S/C14H15N3O4/c1-8(2)13(14(18)19)16-11-3-4-12(17(20)21)9-5-6-15-7-10(9)11/h3-8,13,16H,1-2H3,(H,18,19). The number of nitrogens with zero attached hydrogens (tertiary/aromatic N) is 2. The number of pyridine rings is 1. The van der Waals surface area contributed by atoms with Crippen LogP contribution in [0.3, 0.4) is 0 Å². The number of non-ortho nitro benzene ring substituents is 1. The average molecular weight is 289 g/mol. The number of hydrogen-bond acceptors (Lipinski definition) is 5. The Bertz CT molecular complexity index is 700. The van der Waals surface area contributed by atoms with E-state index in [0.29, 0.717) is 16.5 Å². The van der Waals surface area contributed by atoms with Gasteiger partial charge in [-0.3, -0.25) is 15.1 Å². The number of fused-ring (bicyclic) bond motifs is 1. The highest BCUT2D eigenvalue weighted by molar-refractivity contribution is 6.00. The minimum absolute atomic E-state index is 0.0330. The molecule has 0 radical (unpaired) electrons. The van der Waals surface area contributed by atoms with Gasteiger partial charge in [0, 0.05) is 29.5 Å². The number of aliphatic carboxylic acids is 1. The van der Waals surface area contributed by atoms with Gasteiger partial charge in [-0.25, -0.2) is 4.79 Å². The Morgan fingerprint density at radius 2 is 2.05 bits per heavy atom. The number of benzene rings is 1. The van der Waals surface area contributed by atoms with E-state index in [9.17, 15) is 20.0 Å². The van der Waals surface area contributed by atoms with Crippen LogP contribution in [0.1, 0.15) is 13.8 Å². The van der Waals surface area contributed by atoms with Crippen LogP contribution >= 0.6 is 0 Å². The first-order valence-electron chi connectivity index (χ1n) is 6.42. The Labute approximate surface area is 120 Å². The van der Waals surface area contributed by atoms with E-state index in [1.54, 1.807) is 19.9 Å². The summed E-state index contributed by atoms with van der Waals surface area (Å²) in [6.07, 6.45) is 2.96. The van der Waals surface area contributed by atoms with Gasteiger partial charge in [0.1, 0.15) is 6.04 Å². The number of anilines is 1. The van der Waals surface area contributed by atoms with Gasteiger partial charge in [-0.05, 0) is 18.1 Å². The number of carboxylic acids is 1. The zero-order valence-corrected chi connectivity index (χ0v) is 11.6. The molecule has 0 saturated carbocycles. The van der Waals surface area contributed by atoms with Crippen molar-refractivity contribution in [2.45, 2.75) is 19.9 Å². The quantitative estimate of drug-likeness (QED) is 0.647. The highest BCUT2D eigenvalue weighted by Gasteiger charge is 2.23. The maximum Gasteiger partial charge on any atom is 0.326 e. The van der Waals surface area contributed by atoms with E-state index in [0.717, 1.165) is 0 Å². The molecule has 0 bridgehead atoms. The second kappa shape index (κ2) is 5.74. The largest absolute Gasteiger partial charge is 0.480 e. The first-order chi connectivity index (χ1) is 9.91. The van der Waals surface area contributed by atoms with E-state index in [1.807, 2.05) is 0 Å². The number of nitrogens with one attached hydrogen (secondary N) is 1. The number of rotatable bonds is 5. The van der Waals surface area contributed by atoms with Crippen molar-refractivity contribution in [1.29, 1.82) is 0 Å². The van der Waals surface area contributed by atoms with E-state index in [2.05, 4.69) is 10.3 Å². The smallest absolute Gasteiger partial charge is 0.326 e. The number of nitro benzene ring substituents is 1. The van der Waals surface area contributed by atoms with Gasteiger partial charge in [-0.15, -0.1) is 0 Å². The van der Waals surface area contributed by atoms with Crippen molar-refractivity contribution in [3.8, 4) is 0 Å². The molecule has 110 valence electrons. The average Bonchev–Trinajstić information content (AvgIpc) is 2.43. The summed E-state index contributed by atoms with van der Waals surface area (Å²) in [5.41, 5.74) is 0.485. The van der Waals surface area contributed by atoms with Crippen molar-refractivity contribution in [3.63, 3.8) is 0 Å². The number of aromatic nitrogens is 1. The van der Waals surface area contributed by atoms with Gasteiger partial charge in [0.2, 0.25) is 0 Å². The van der Waals surface area contributed by atoms with Crippen molar-refractivity contribution in [1.82, 2.24) is 4.98 Å². The van der Waals surface area contributed by atoms with Crippen molar-refractivity contribution in [3.05, 3.63) is 40.7 Å². The van der Waals surface area contributed by atoms with E-state index in [-0.39, 0.29) is 11.6 Å². The van der Waals surface area contributed by atoms with Gasteiger partial charge in [-0.2, -0.15) is 0 Å². The topological polar surface area (TPSA) is 105 Å². The van der Waals surface area contributed by atoms with Crippen LogP contribution in [0, 0.1) is 16.0 Å². The number of nitro groups is 1. The highest BCUT2D eigenvalue weighted by atomic mass is 16.6. The van der Waals surface area contributed by atoms with Crippen LogP contribution < -0.4 is 5.32 Å². The number of carbonyl (C=O) groups is 1. The maximum atomic E-state index is 11.3. The van der Waals surface area contributed by atoms with Crippen LogP contribution in [0.25, 0.3) is 10.8 Å². The first-order valence-corrected chi connectivity index (χ1v) is 6.42. The zero-order chi connectivity index (χ0) is 15.6. The molecule has 0 spiro atoms. The van der Waals surface area contributed by atoms with Crippen LogP contribution in [0.2, 0.25) is 0 Å². The minimum atomic E-state index is -0.972. The van der Waals surface area contributed by atoms with E-state index in [4.69, 9.17) is 0 Å². The second-order valence-electron chi connectivity index (χ2n) is 5.01. The number of carboxylic acid groups (broad SMARTS) is 1. The van der Waals surface area contributed by atoms with Crippen molar-refractivity contribution in [2.24, 2.45) is 5.92 Å². The van der Waals surface area contributed by atoms with E-state index >= 15 is 0 Å². The lowest BCUT2D eigenvalue weighted by Gasteiger charge is -2.20. The third-order valence-electron chi connectivity index (χ3n) is 3.24. The summed E-state index contributed by atoms with van der Waals surface area (Å²) in [5.74, 6) is -1.11. The lowest BCUT2D eigenvalue weighted by atomic mass is 10.0. The Morgan fingerprint density at radius 1 is 1.33 bits per heavy atom. The molecule has 7 heteroatoms. The first kappa shape index (κ1) is 14.7. The van der Waals surface area contributed by atoms with Gasteiger partial charge < -0.3 is 10.4 Å². The van der Waals surface area contributed by atoms with Gasteiger partial charge in [0.05, 0.1) is 10.3 Å². The normalized spacial score (nSPS) is 12.3. The molecule has 0 saturated heterocycles. The summed E-state index contributed by atoms with van der Waals surface area (Å²) in [6, 6.07) is 3.64. The van der Waals surface area contributed by atoms with Gasteiger partial charge in [0.25, 0.3) is 5.69 Å². The molecule has 2 N–H and O–H groups in total. The van der Waals surface area contributed by atoms with Crippen LogP contribution in [0.15, 0.2) is 30.6 Å². The lowest BCUT2D eigenvalue weighted by Crippen LogP contribution is -2.34. The van der Waals surface area contributed by atoms with Crippen molar-refractivity contribution < 1.29 is 14.8 Å². The number of hydrogen-bond donors (Lipinski definition) is 2. The molecule has 1 atom stereocenters. The fourth-order valence-corrected chi connectivity index (χ4v) is 2.14. The summed E-state index contributed by atoms with van der Waals surface area (Å²) in [5, 5.41) is 24.1. The summed E-state index contributed by atoms with van der Waals surface area (Å²) in [4.78, 5) is 25.8. The van der Waals surface area contributed by atoms with Crippen LogP contribution in [-0.2, 0) is 4.79 Å².